The molecule has 0 spiro atoms. The number of nitrogens with zero attached hydrogens (tertiary/aromatic N) is 7. The van der Waals surface area contributed by atoms with Gasteiger partial charge in [-0.2, -0.15) is 0 Å². The summed E-state index contributed by atoms with van der Waals surface area (Å²) in [5.41, 5.74) is 2.04. The molecule has 1 amide bonds. The van der Waals surface area contributed by atoms with Gasteiger partial charge in [0.1, 0.15) is 24.3 Å². The number of imidazole rings is 1. The van der Waals surface area contributed by atoms with Gasteiger partial charge in [-0.15, -0.1) is 0 Å². The fraction of sp³-hybridized carbons (Fsp3) is 0.316. The van der Waals surface area contributed by atoms with Crippen LogP contribution < -0.4 is 4.90 Å². The zero-order valence-electron chi connectivity index (χ0n) is 15.7. The van der Waals surface area contributed by atoms with Crippen LogP contribution in [0.4, 0.5) is 10.2 Å². The van der Waals surface area contributed by atoms with Crippen LogP contribution in [0, 0.1) is 19.7 Å². The predicted octanol–water partition coefficient (Wildman–Crippen LogP) is 1.78. The molecule has 28 heavy (non-hydrogen) atoms. The van der Waals surface area contributed by atoms with Crippen LogP contribution in [0.2, 0.25) is 0 Å². The summed E-state index contributed by atoms with van der Waals surface area (Å²) in [5.74, 6) is 0.632. The molecule has 1 saturated heterocycles. The van der Waals surface area contributed by atoms with Crippen LogP contribution in [-0.4, -0.2) is 61.5 Å². The molecule has 1 fully saturated rings. The van der Waals surface area contributed by atoms with E-state index in [1.54, 1.807) is 11.2 Å². The van der Waals surface area contributed by atoms with E-state index in [1.807, 2.05) is 24.5 Å². The first-order valence-corrected chi connectivity index (χ1v) is 9.01. The smallest absolute Gasteiger partial charge is 0.257 e. The number of hydrogen-bond donors (Lipinski definition) is 0. The van der Waals surface area contributed by atoms with Crippen LogP contribution in [0.25, 0.3) is 5.82 Å². The molecule has 144 valence electrons. The zero-order chi connectivity index (χ0) is 19.7. The van der Waals surface area contributed by atoms with Crippen LogP contribution in [0.15, 0.2) is 37.2 Å². The number of amides is 1. The van der Waals surface area contributed by atoms with Gasteiger partial charge in [0.15, 0.2) is 5.82 Å². The van der Waals surface area contributed by atoms with Gasteiger partial charge in [0.25, 0.3) is 5.91 Å². The molecule has 0 radical (unpaired) electrons. The van der Waals surface area contributed by atoms with E-state index in [4.69, 9.17) is 0 Å². The van der Waals surface area contributed by atoms with E-state index in [2.05, 4.69) is 24.8 Å². The Kier molecular flexibility index (Phi) is 4.72. The molecule has 8 nitrogen and oxygen atoms in total. The van der Waals surface area contributed by atoms with E-state index in [9.17, 15) is 9.18 Å². The number of hydrogen-bond acceptors (Lipinski definition) is 6. The van der Waals surface area contributed by atoms with Crippen molar-refractivity contribution in [2.45, 2.75) is 13.8 Å². The molecular formula is C19H20FN7O. The maximum Gasteiger partial charge on any atom is 0.257 e. The third kappa shape index (κ3) is 3.30. The lowest BCUT2D eigenvalue weighted by molar-refractivity contribution is 0.0741. The van der Waals surface area contributed by atoms with Crippen LogP contribution in [0.3, 0.4) is 0 Å². The van der Waals surface area contributed by atoms with Crippen molar-refractivity contribution < 1.29 is 9.18 Å². The molecule has 0 unspecified atom stereocenters. The van der Waals surface area contributed by atoms with E-state index in [0.717, 1.165) is 29.2 Å². The highest BCUT2D eigenvalue weighted by molar-refractivity contribution is 5.94. The number of halogens is 1. The highest BCUT2D eigenvalue weighted by Gasteiger charge is 2.25. The van der Waals surface area contributed by atoms with Gasteiger partial charge in [0.2, 0.25) is 0 Å². The third-order valence-electron chi connectivity index (χ3n) is 5.03. The second kappa shape index (κ2) is 7.34. The number of pyridine rings is 1. The minimum absolute atomic E-state index is 0.0544. The lowest BCUT2D eigenvalue weighted by Crippen LogP contribution is -2.49. The van der Waals surface area contributed by atoms with Crippen LogP contribution >= 0.6 is 0 Å². The molecule has 1 aliphatic heterocycles. The van der Waals surface area contributed by atoms with E-state index >= 15 is 0 Å². The summed E-state index contributed by atoms with van der Waals surface area (Å²) in [6.07, 6.45) is 5.76. The average Bonchev–Trinajstić information content (AvgIpc) is 3.07. The van der Waals surface area contributed by atoms with E-state index in [1.165, 1.54) is 18.6 Å². The van der Waals surface area contributed by atoms with E-state index in [0.29, 0.717) is 26.2 Å². The van der Waals surface area contributed by atoms with Crippen LogP contribution in [-0.2, 0) is 0 Å². The molecule has 4 rings (SSSR count). The van der Waals surface area contributed by atoms with Crippen molar-refractivity contribution in [1.82, 2.24) is 29.4 Å². The van der Waals surface area contributed by atoms with Gasteiger partial charge >= 0.3 is 0 Å². The standard InChI is InChI=1S/C19H20FN7O/c1-13-14(2)27(12-24-13)18-9-17(22-11-23-18)25-5-7-26(8-6-25)19(28)15-3-4-21-10-16(15)20/h3-4,9-12H,5-8H2,1-2H3. The Balaban J connectivity index is 1.47. The van der Waals surface area contributed by atoms with Gasteiger partial charge in [-0.1, -0.05) is 0 Å². The van der Waals surface area contributed by atoms with Gasteiger partial charge < -0.3 is 9.80 Å². The van der Waals surface area contributed by atoms with Gasteiger partial charge in [-0.3, -0.25) is 14.3 Å². The Hall–Kier alpha value is -3.36. The minimum atomic E-state index is -0.596. The van der Waals surface area contributed by atoms with Gasteiger partial charge in [0, 0.05) is 44.1 Å². The SMILES string of the molecule is Cc1ncn(-c2cc(N3CCN(C(=O)c4ccncc4F)CC3)ncn2)c1C. The fourth-order valence-electron chi connectivity index (χ4n) is 3.23. The van der Waals surface area contributed by atoms with E-state index in [-0.39, 0.29) is 11.5 Å². The first-order chi connectivity index (χ1) is 13.5. The molecule has 9 heteroatoms. The van der Waals surface area contributed by atoms with Gasteiger partial charge in [-0.25, -0.2) is 19.3 Å². The Morgan fingerprint density at radius 2 is 1.82 bits per heavy atom. The Morgan fingerprint density at radius 3 is 2.50 bits per heavy atom. The van der Waals surface area contributed by atoms with Crippen LogP contribution in [0.5, 0.6) is 0 Å². The molecule has 0 bridgehead atoms. The predicted molar refractivity (Wildman–Crippen MR) is 101 cm³/mol. The number of piperazine rings is 1. The number of carbonyl (C=O) groups excluding carboxylic acids is 1. The van der Waals surface area contributed by atoms with Crippen molar-refractivity contribution in [1.29, 1.82) is 0 Å². The summed E-state index contributed by atoms with van der Waals surface area (Å²) in [6.45, 7) is 6.14. The molecule has 3 aromatic heterocycles. The van der Waals surface area contributed by atoms with Crippen molar-refractivity contribution in [3.05, 3.63) is 59.9 Å². The van der Waals surface area contributed by atoms with Crippen molar-refractivity contribution in [3.63, 3.8) is 0 Å². The highest BCUT2D eigenvalue weighted by Crippen LogP contribution is 2.19. The molecule has 0 saturated carbocycles. The molecule has 4 heterocycles. The van der Waals surface area contributed by atoms with Crippen molar-refractivity contribution in [2.24, 2.45) is 0 Å². The van der Waals surface area contributed by atoms with Gasteiger partial charge in [0.05, 0.1) is 17.5 Å². The first kappa shape index (κ1) is 18.0. The molecule has 1 aliphatic rings. The third-order valence-corrected chi connectivity index (χ3v) is 5.03. The second-order valence-electron chi connectivity index (χ2n) is 6.65. The molecule has 0 aromatic carbocycles. The summed E-state index contributed by atoms with van der Waals surface area (Å²) in [4.78, 5) is 33.0. The molecule has 3 aromatic rings. The van der Waals surface area contributed by atoms with Crippen molar-refractivity contribution in [3.8, 4) is 5.82 Å². The second-order valence-corrected chi connectivity index (χ2v) is 6.65. The fourth-order valence-corrected chi connectivity index (χ4v) is 3.23. The number of aromatic nitrogens is 5. The highest BCUT2D eigenvalue weighted by atomic mass is 19.1. The van der Waals surface area contributed by atoms with E-state index < -0.39 is 5.82 Å². The summed E-state index contributed by atoms with van der Waals surface area (Å²) in [7, 11) is 0. The molecule has 0 aliphatic carbocycles. The van der Waals surface area contributed by atoms with Crippen LogP contribution in [0.1, 0.15) is 21.7 Å². The maximum absolute atomic E-state index is 13.8. The monoisotopic (exact) mass is 381 g/mol. The first-order valence-electron chi connectivity index (χ1n) is 9.01. The molecular weight excluding hydrogens is 361 g/mol. The molecule has 0 atom stereocenters. The Morgan fingerprint density at radius 1 is 1.07 bits per heavy atom. The normalized spacial score (nSPS) is 14.4. The number of rotatable bonds is 3. The number of anilines is 1. The van der Waals surface area contributed by atoms with Crippen molar-refractivity contribution in [2.75, 3.05) is 31.1 Å². The molecule has 0 N–H and O–H groups in total. The Bertz CT molecular complexity index is 1010. The lowest BCUT2D eigenvalue weighted by atomic mass is 10.2. The largest absolute Gasteiger partial charge is 0.353 e. The lowest BCUT2D eigenvalue weighted by Gasteiger charge is -2.35. The summed E-state index contributed by atoms with van der Waals surface area (Å²) < 4.78 is 15.8. The zero-order valence-corrected chi connectivity index (χ0v) is 15.7. The van der Waals surface area contributed by atoms with Crippen molar-refractivity contribution >= 4 is 11.7 Å². The average molecular weight is 381 g/mol. The van der Waals surface area contributed by atoms with Gasteiger partial charge in [-0.05, 0) is 19.9 Å². The number of carbonyl (C=O) groups is 1. The topological polar surface area (TPSA) is 80.0 Å². The maximum atomic E-state index is 13.8. The Labute approximate surface area is 161 Å². The summed E-state index contributed by atoms with van der Waals surface area (Å²) in [5, 5.41) is 0. The quantitative estimate of drug-likeness (QED) is 0.688. The summed E-state index contributed by atoms with van der Waals surface area (Å²) in [6, 6.07) is 3.32. The minimum Gasteiger partial charge on any atom is -0.353 e. The summed E-state index contributed by atoms with van der Waals surface area (Å²) >= 11 is 0. The number of aryl methyl sites for hydroxylation is 1.